The van der Waals surface area contributed by atoms with Gasteiger partial charge in [0.2, 0.25) is 0 Å². The lowest BCUT2D eigenvalue weighted by Crippen LogP contribution is -2.29. The van der Waals surface area contributed by atoms with Gasteiger partial charge in [-0.15, -0.1) is 0 Å². The van der Waals surface area contributed by atoms with Crippen molar-refractivity contribution in [1.29, 1.82) is 5.26 Å². The molecule has 5 heteroatoms. The highest BCUT2D eigenvalue weighted by Gasteiger charge is 2.39. The number of rotatable bonds is 1. The van der Waals surface area contributed by atoms with E-state index < -0.39 is 0 Å². The fourth-order valence-corrected chi connectivity index (χ4v) is 4.10. The minimum absolute atomic E-state index is 0.485. The molecule has 1 aliphatic heterocycles. The molecular weight excluding hydrogens is 262 g/mol. The highest BCUT2D eigenvalue weighted by Crippen LogP contribution is 2.45. The maximum Gasteiger partial charge on any atom is 0.144 e. The molecule has 0 amide bonds. The van der Waals surface area contributed by atoms with Crippen LogP contribution in [0.3, 0.4) is 0 Å². The van der Waals surface area contributed by atoms with Crippen LogP contribution in [-0.2, 0) is 0 Å². The number of nitriles is 1. The molecule has 1 N–H and O–H groups in total. The van der Waals surface area contributed by atoms with E-state index in [0.29, 0.717) is 11.0 Å². The van der Waals surface area contributed by atoms with Gasteiger partial charge < -0.3 is 9.88 Å². The van der Waals surface area contributed by atoms with Gasteiger partial charge >= 0.3 is 0 Å². The molecule has 0 aromatic carbocycles. The number of H-pyrrole nitrogens is 1. The summed E-state index contributed by atoms with van der Waals surface area (Å²) in [6.07, 6.45) is 11.4. The normalized spacial score (nSPS) is 21.0. The van der Waals surface area contributed by atoms with E-state index in [1.54, 1.807) is 12.5 Å². The predicted octanol–water partition coefficient (Wildman–Crippen LogP) is 2.99. The number of fused-ring (bicyclic) bond motifs is 1. The molecule has 5 nitrogen and oxygen atoms in total. The molecule has 1 saturated carbocycles. The third-order valence-corrected chi connectivity index (χ3v) is 5.22. The summed E-state index contributed by atoms with van der Waals surface area (Å²) >= 11 is 0. The third kappa shape index (κ3) is 1.98. The first-order valence-electron chi connectivity index (χ1n) is 7.78. The maximum atomic E-state index is 9.29. The molecule has 2 fully saturated rings. The highest BCUT2D eigenvalue weighted by atomic mass is 15.2. The van der Waals surface area contributed by atoms with Crippen molar-refractivity contribution in [2.24, 2.45) is 5.41 Å². The second kappa shape index (κ2) is 4.73. The van der Waals surface area contributed by atoms with Crippen LogP contribution in [-0.4, -0.2) is 28.0 Å². The summed E-state index contributed by atoms with van der Waals surface area (Å²) in [6.45, 7) is 2.12. The summed E-state index contributed by atoms with van der Waals surface area (Å²) in [6, 6.07) is 2.25. The predicted molar refractivity (Wildman–Crippen MR) is 81.0 cm³/mol. The van der Waals surface area contributed by atoms with Crippen LogP contribution < -0.4 is 4.90 Å². The van der Waals surface area contributed by atoms with Crippen LogP contribution in [0.5, 0.6) is 0 Å². The van der Waals surface area contributed by atoms with Gasteiger partial charge in [0.05, 0.1) is 10.9 Å². The fourth-order valence-electron chi connectivity index (χ4n) is 4.10. The Morgan fingerprint density at radius 2 is 2.05 bits per heavy atom. The standard InChI is InChI=1S/C16H19N5/c17-8-12-9-18-14-13(12)15(20-11-19-14)21-7-6-16(10-21)4-2-1-3-5-16/h9,11H,1-7,10H2,(H,18,19,20). The van der Waals surface area contributed by atoms with Crippen LogP contribution >= 0.6 is 0 Å². The monoisotopic (exact) mass is 281 g/mol. The first-order valence-corrected chi connectivity index (χ1v) is 7.78. The first-order chi connectivity index (χ1) is 10.3. The molecule has 2 aromatic rings. The van der Waals surface area contributed by atoms with Gasteiger partial charge in [-0.2, -0.15) is 5.26 Å². The molecule has 21 heavy (non-hydrogen) atoms. The molecule has 1 spiro atoms. The van der Waals surface area contributed by atoms with Crippen LogP contribution in [0.2, 0.25) is 0 Å². The average Bonchev–Trinajstić information content (AvgIpc) is 3.12. The van der Waals surface area contributed by atoms with Crippen molar-refractivity contribution in [1.82, 2.24) is 15.0 Å². The molecule has 0 unspecified atom stereocenters. The smallest absolute Gasteiger partial charge is 0.144 e. The van der Waals surface area contributed by atoms with Crippen molar-refractivity contribution in [3.8, 4) is 6.07 Å². The van der Waals surface area contributed by atoms with Crippen molar-refractivity contribution in [3.05, 3.63) is 18.1 Å². The molecule has 108 valence electrons. The second-order valence-electron chi connectivity index (χ2n) is 6.47. The Hall–Kier alpha value is -2.09. The number of nitrogens with zero attached hydrogens (tertiary/aromatic N) is 4. The van der Waals surface area contributed by atoms with E-state index >= 15 is 0 Å². The lowest BCUT2D eigenvalue weighted by Gasteiger charge is -2.33. The molecule has 3 heterocycles. The number of nitrogens with one attached hydrogen (secondary N) is 1. The minimum Gasteiger partial charge on any atom is -0.355 e. The second-order valence-corrected chi connectivity index (χ2v) is 6.47. The van der Waals surface area contributed by atoms with Gasteiger partial charge in [-0.05, 0) is 24.7 Å². The van der Waals surface area contributed by atoms with Crippen LogP contribution in [0.4, 0.5) is 5.82 Å². The van der Waals surface area contributed by atoms with Crippen LogP contribution in [0.15, 0.2) is 12.5 Å². The molecule has 1 saturated heterocycles. The topological polar surface area (TPSA) is 68.6 Å². The summed E-state index contributed by atoms with van der Waals surface area (Å²) in [5.74, 6) is 0.931. The van der Waals surface area contributed by atoms with Crippen molar-refractivity contribution in [3.63, 3.8) is 0 Å². The van der Waals surface area contributed by atoms with E-state index in [4.69, 9.17) is 0 Å². The maximum absolute atomic E-state index is 9.29. The largest absolute Gasteiger partial charge is 0.355 e. The van der Waals surface area contributed by atoms with Crippen molar-refractivity contribution in [2.45, 2.75) is 38.5 Å². The molecule has 0 bridgehead atoms. The lowest BCUT2D eigenvalue weighted by atomic mass is 9.73. The molecular formula is C16H19N5. The van der Waals surface area contributed by atoms with Gasteiger partial charge in [-0.25, -0.2) is 9.97 Å². The van der Waals surface area contributed by atoms with Crippen LogP contribution in [0.25, 0.3) is 11.0 Å². The summed E-state index contributed by atoms with van der Waals surface area (Å²) in [5.41, 5.74) is 1.89. The number of hydrogen-bond acceptors (Lipinski definition) is 4. The van der Waals surface area contributed by atoms with Gasteiger partial charge in [-0.1, -0.05) is 19.3 Å². The van der Waals surface area contributed by atoms with E-state index in [0.717, 1.165) is 29.9 Å². The van der Waals surface area contributed by atoms with Gasteiger partial charge in [-0.3, -0.25) is 0 Å². The summed E-state index contributed by atoms with van der Waals surface area (Å²) in [5, 5.41) is 10.2. The quantitative estimate of drug-likeness (QED) is 0.872. The van der Waals surface area contributed by atoms with E-state index in [1.807, 2.05) is 0 Å². The zero-order chi connectivity index (χ0) is 14.3. The van der Waals surface area contributed by atoms with Gasteiger partial charge in [0, 0.05) is 19.3 Å². The number of aromatic nitrogens is 3. The average molecular weight is 281 g/mol. The Kier molecular flexibility index (Phi) is 2.85. The van der Waals surface area contributed by atoms with Crippen LogP contribution in [0, 0.1) is 16.7 Å². The van der Waals surface area contributed by atoms with Gasteiger partial charge in [0.15, 0.2) is 0 Å². The Morgan fingerprint density at radius 1 is 1.19 bits per heavy atom. The Morgan fingerprint density at radius 3 is 2.86 bits per heavy atom. The lowest BCUT2D eigenvalue weighted by molar-refractivity contribution is 0.219. The zero-order valence-electron chi connectivity index (χ0n) is 12.1. The summed E-state index contributed by atoms with van der Waals surface area (Å²) in [7, 11) is 0. The summed E-state index contributed by atoms with van der Waals surface area (Å²) in [4.78, 5) is 14.2. The Balaban J connectivity index is 1.71. The Bertz CT molecular complexity index is 705. The van der Waals surface area contributed by atoms with Crippen molar-refractivity contribution < 1.29 is 0 Å². The minimum atomic E-state index is 0.485. The zero-order valence-corrected chi connectivity index (χ0v) is 12.1. The molecule has 2 aromatic heterocycles. The van der Waals surface area contributed by atoms with Gasteiger partial charge in [0.25, 0.3) is 0 Å². The van der Waals surface area contributed by atoms with E-state index in [2.05, 4.69) is 25.9 Å². The molecule has 4 rings (SSSR count). The van der Waals surface area contributed by atoms with Crippen molar-refractivity contribution in [2.75, 3.05) is 18.0 Å². The SMILES string of the molecule is N#Cc1c[nH]c2ncnc(N3CCC4(CCCCC4)C3)c12. The molecule has 2 aliphatic rings. The molecule has 0 atom stereocenters. The van der Waals surface area contributed by atoms with Crippen LogP contribution in [0.1, 0.15) is 44.1 Å². The fraction of sp³-hybridized carbons (Fsp3) is 0.562. The first kappa shape index (κ1) is 12.6. The van der Waals surface area contributed by atoms with E-state index in [1.165, 1.54) is 38.5 Å². The Labute approximate surface area is 124 Å². The van der Waals surface area contributed by atoms with Crippen molar-refractivity contribution >= 4 is 16.9 Å². The molecule has 0 radical (unpaired) electrons. The number of anilines is 1. The number of hydrogen-bond donors (Lipinski definition) is 1. The van der Waals surface area contributed by atoms with E-state index in [9.17, 15) is 5.26 Å². The van der Waals surface area contributed by atoms with E-state index in [-0.39, 0.29) is 0 Å². The van der Waals surface area contributed by atoms with Gasteiger partial charge in [0.1, 0.15) is 23.9 Å². The molecule has 1 aliphatic carbocycles. The highest BCUT2D eigenvalue weighted by molar-refractivity contribution is 5.92. The number of aromatic amines is 1. The summed E-state index contributed by atoms with van der Waals surface area (Å²) < 4.78 is 0. The third-order valence-electron chi connectivity index (χ3n) is 5.22.